The molecule has 0 radical (unpaired) electrons. The Labute approximate surface area is 144 Å². The molecule has 24 heavy (non-hydrogen) atoms. The van der Waals surface area contributed by atoms with E-state index in [-0.39, 0.29) is 29.5 Å². The Morgan fingerprint density at radius 1 is 1.46 bits per heavy atom. The van der Waals surface area contributed by atoms with E-state index in [1.165, 1.54) is 4.68 Å². The molecule has 126 valence electrons. The van der Waals surface area contributed by atoms with Crippen molar-refractivity contribution >= 4 is 27.7 Å². The number of aromatic nitrogens is 2. The smallest absolute Gasteiger partial charge is 0.404 e. The molecule has 0 aliphatic carbocycles. The number of nitrogens with zero attached hydrogens (tertiary/aromatic N) is 3. The SMILES string of the molecule is Cc1c(Br)c([N+](=O)[O-])nn1CC(=O)NCc1ccc2c(c1)OCO2. The molecule has 0 fully saturated rings. The van der Waals surface area contributed by atoms with Gasteiger partial charge in [0, 0.05) is 6.54 Å². The highest BCUT2D eigenvalue weighted by Gasteiger charge is 2.24. The van der Waals surface area contributed by atoms with Gasteiger partial charge in [-0.3, -0.25) is 4.79 Å². The van der Waals surface area contributed by atoms with Crippen LogP contribution in [-0.2, 0) is 17.9 Å². The van der Waals surface area contributed by atoms with E-state index >= 15 is 0 Å². The quantitative estimate of drug-likeness (QED) is 0.610. The minimum absolute atomic E-state index is 0.108. The fourth-order valence-electron chi connectivity index (χ4n) is 2.22. The average Bonchev–Trinajstić information content (AvgIpc) is 3.12. The zero-order valence-corrected chi connectivity index (χ0v) is 14.2. The van der Waals surface area contributed by atoms with Gasteiger partial charge in [0.05, 0.1) is 10.8 Å². The molecular formula is C14H13BrN4O5. The summed E-state index contributed by atoms with van der Waals surface area (Å²) in [6.45, 7) is 2.04. The van der Waals surface area contributed by atoms with Crippen LogP contribution in [0.5, 0.6) is 11.5 Å². The third kappa shape index (κ3) is 3.18. The van der Waals surface area contributed by atoms with E-state index in [0.717, 1.165) is 5.56 Å². The van der Waals surface area contributed by atoms with Gasteiger partial charge in [-0.15, -0.1) is 0 Å². The predicted molar refractivity (Wildman–Crippen MR) is 85.7 cm³/mol. The summed E-state index contributed by atoms with van der Waals surface area (Å²) in [6, 6.07) is 5.40. The lowest BCUT2D eigenvalue weighted by Gasteiger charge is -2.06. The van der Waals surface area contributed by atoms with Crippen LogP contribution in [0.3, 0.4) is 0 Å². The van der Waals surface area contributed by atoms with E-state index in [2.05, 4.69) is 26.3 Å². The first-order valence-corrected chi connectivity index (χ1v) is 7.77. The number of nitro groups is 1. The average molecular weight is 397 g/mol. The van der Waals surface area contributed by atoms with Crippen molar-refractivity contribution in [3.8, 4) is 11.5 Å². The molecule has 1 N–H and O–H groups in total. The number of rotatable bonds is 5. The van der Waals surface area contributed by atoms with Crippen LogP contribution in [0.4, 0.5) is 5.82 Å². The van der Waals surface area contributed by atoms with Crippen molar-refractivity contribution in [1.82, 2.24) is 15.1 Å². The van der Waals surface area contributed by atoms with Crippen LogP contribution in [-0.4, -0.2) is 27.4 Å². The molecule has 1 amide bonds. The van der Waals surface area contributed by atoms with Gasteiger partial charge in [0.25, 0.3) is 0 Å². The Bertz CT molecular complexity index is 820. The van der Waals surface area contributed by atoms with Gasteiger partial charge in [-0.2, -0.15) is 4.68 Å². The second-order valence-corrected chi connectivity index (χ2v) is 5.90. The number of hydrogen-bond donors (Lipinski definition) is 1. The summed E-state index contributed by atoms with van der Waals surface area (Å²) in [5.41, 5.74) is 1.37. The van der Waals surface area contributed by atoms with Crippen LogP contribution >= 0.6 is 15.9 Å². The molecule has 0 unspecified atom stereocenters. The maximum Gasteiger partial charge on any atom is 0.404 e. The summed E-state index contributed by atoms with van der Waals surface area (Å²) < 4.78 is 12.1. The predicted octanol–water partition coefficient (Wildman–Crippen LogP) is 1.91. The maximum absolute atomic E-state index is 12.0. The highest BCUT2D eigenvalue weighted by atomic mass is 79.9. The number of ether oxygens (including phenoxy) is 2. The highest BCUT2D eigenvalue weighted by molar-refractivity contribution is 9.10. The standard InChI is InChI=1S/C14H13BrN4O5/c1-8-13(15)14(19(21)22)17-18(8)6-12(20)16-5-9-2-3-10-11(4-9)24-7-23-10/h2-4H,5-7H2,1H3,(H,16,20). The van der Waals surface area contributed by atoms with Gasteiger partial charge in [0.15, 0.2) is 11.5 Å². The summed E-state index contributed by atoms with van der Waals surface area (Å²) in [6.07, 6.45) is 0. The number of fused-ring (bicyclic) bond motifs is 1. The fourth-order valence-corrected chi connectivity index (χ4v) is 2.65. The Morgan fingerprint density at radius 3 is 2.92 bits per heavy atom. The summed E-state index contributed by atoms with van der Waals surface area (Å²) in [5.74, 6) is 0.704. The molecule has 1 aromatic carbocycles. The lowest BCUT2D eigenvalue weighted by atomic mass is 10.2. The number of hydrogen-bond acceptors (Lipinski definition) is 6. The topological polar surface area (TPSA) is 109 Å². The highest BCUT2D eigenvalue weighted by Crippen LogP contribution is 2.32. The minimum Gasteiger partial charge on any atom is -0.454 e. The molecule has 2 heterocycles. The van der Waals surface area contributed by atoms with Gasteiger partial charge in [-0.05, 0) is 45.5 Å². The molecule has 0 spiro atoms. The van der Waals surface area contributed by atoms with E-state index in [4.69, 9.17) is 9.47 Å². The number of amides is 1. The minimum atomic E-state index is -0.599. The molecule has 0 bridgehead atoms. The monoisotopic (exact) mass is 396 g/mol. The molecule has 10 heteroatoms. The van der Waals surface area contributed by atoms with E-state index < -0.39 is 4.92 Å². The van der Waals surface area contributed by atoms with Crippen molar-refractivity contribution in [2.75, 3.05) is 6.79 Å². The largest absolute Gasteiger partial charge is 0.454 e. The fraction of sp³-hybridized carbons (Fsp3) is 0.286. The summed E-state index contributed by atoms with van der Waals surface area (Å²) in [4.78, 5) is 22.3. The first-order chi connectivity index (χ1) is 11.5. The van der Waals surface area contributed by atoms with Crippen LogP contribution < -0.4 is 14.8 Å². The Hall–Kier alpha value is -2.62. The lowest BCUT2D eigenvalue weighted by Crippen LogP contribution is -2.28. The Kier molecular flexibility index (Phi) is 4.38. The molecule has 0 atom stereocenters. The summed E-state index contributed by atoms with van der Waals surface area (Å²) >= 11 is 3.11. The molecule has 1 aromatic heterocycles. The molecule has 1 aliphatic rings. The maximum atomic E-state index is 12.0. The van der Waals surface area contributed by atoms with Gasteiger partial charge in [0.2, 0.25) is 12.7 Å². The molecule has 0 saturated carbocycles. The van der Waals surface area contributed by atoms with Gasteiger partial charge in [-0.25, -0.2) is 0 Å². The van der Waals surface area contributed by atoms with E-state index in [9.17, 15) is 14.9 Å². The molecule has 9 nitrogen and oxygen atoms in total. The number of carbonyl (C=O) groups is 1. The normalized spacial score (nSPS) is 12.2. The lowest BCUT2D eigenvalue weighted by molar-refractivity contribution is -0.390. The number of carbonyl (C=O) groups excluding carboxylic acids is 1. The van der Waals surface area contributed by atoms with Gasteiger partial charge >= 0.3 is 5.82 Å². The van der Waals surface area contributed by atoms with E-state index in [1.54, 1.807) is 19.1 Å². The van der Waals surface area contributed by atoms with Crippen LogP contribution in [0.1, 0.15) is 11.3 Å². The van der Waals surface area contributed by atoms with Crippen LogP contribution in [0.25, 0.3) is 0 Å². The first-order valence-electron chi connectivity index (χ1n) is 6.98. The first kappa shape index (κ1) is 16.2. The number of nitrogens with one attached hydrogen (secondary N) is 1. The second-order valence-electron chi connectivity index (χ2n) is 5.10. The van der Waals surface area contributed by atoms with Crippen molar-refractivity contribution in [1.29, 1.82) is 0 Å². The molecule has 1 aliphatic heterocycles. The second kappa shape index (κ2) is 6.48. The molecule has 3 rings (SSSR count). The summed E-state index contributed by atoms with van der Waals surface area (Å²) in [5, 5.41) is 17.4. The third-order valence-corrected chi connectivity index (χ3v) is 4.44. The van der Waals surface area contributed by atoms with Crippen molar-refractivity contribution < 1.29 is 19.2 Å². The van der Waals surface area contributed by atoms with E-state index in [0.29, 0.717) is 23.7 Å². The Balaban J connectivity index is 1.62. The third-order valence-electron chi connectivity index (χ3n) is 3.51. The summed E-state index contributed by atoms with van der Waals surface area (Å²) in [7, 11) is 0. The molecule has 2 aromatic rings. The number of benzene rings is 1. The molecular weight excluding hydrogens is 384 g/mol. The van der Waals surface area contributed by atoms with Crippen molar-refractivity contribution in [3.05, 3.63) is 44.0 Å². The van der Waals surface area contributed by atoms with Crippen LogP contribution in [0, 0.1) is 17.0 Å². The van der Waals surface area contributed by atoms with Gasteiger partial charge < -0.3 is 24.9 Å². The zero-order chi connectivity index (χ0) is 17.3. The van der Waals surface area contributed by atoms with Crippen molar-refractivity contribution in [2.45, 2.75) is 20.0 Å². The number of halogens is 1. The van der Waals surface area contributed by atoms with Crippen molar-refractivity contribution in [3.63, 3.8) is 0 Å². The van der Waals surface area contributed by atoms with Crippen LogP contribution in [0.2, 0.25) is 0 Å². The van der Waals surface area contributed by atoms with Crippen molar-refractivity contribution in [2.24, 2.45) is 0 Å². The van der Waals surface area contributed by atoms with E-state index in [1.807, 2.05) is 6.07 Å². The van der Waals surface area contributed by atoms with Gasteiger partial charge in [-0.1, -0.05) is 6.07 Å². The Morgan fingerprint density at radius 2 is 2.21 bits per heavy atom. The van der Waals surface area contributed by atoms with Crippen LogP contribution in [0.15, 0.2) is 22.7 Å². The molecule has 0 saturated heterocycles. The zero-order valence-electron chi connectivity index (χ0n) is 12.6. The van der Waals surface area contributed by atoms with Gasteiger partial charge in [0.1, 0.15) is 11.0 Å².